The van der Waals surface area contributed by atoms with Crippen LogP contribution in [-0.4, -0.2) is 21.5 Å². The Morgan fingerprint density at radius 2 is 1.44 bits per heavy atom. The van der Waals surface area contributed by atoms with Gasteiger partial charge in [0.1, 0.15) is 17.8 Å². The van der Waals surface area contributed by atoms with Gasteiger partial charge in [0.25, 0.3) is 0 Å². The second kappa shape index (κ2) is 7.77. The molecular formula is C26H25ClFNO3. The van der Waals surface area contributed by atoms with E-state index in [4.69, 9.17) is 11.6 Å². The van der Waals surface area contributed by atoms with E-state index in [9.17, 15) is 19.7 Å². The van der Waals surface area contributed by atoms with E-state index in [1.165, 1.54) is 12.1 Å². The number of aliphatic hydroxyl groups is 2. The number of hydrogen-bond donors (Lipinski definition) is 3. The molecule has 2 unspecified atom stereocenters. The van der Waals surface area contributed by atoms with Crippen molar-refractivity contribution < 1.29 is 19.7 Å². The van der Waals surface area contributed by atoms with Crippen molar-refractivity contribution >= 4 is 17.3 Å². The van der Waals surface area contributed by atoms with E-state index in [-0.39, 0.29) is 17.6 Å². The van der Waals surface area contributed by atoms with Crippen LogP contribution in [0.3, 0.4) is 0 Å². The molecule has 1 saturated heterocycles. The highest BCUT2D eigenvalue weighted by Gasteiger charge is 2.62. The summed E-state index contributed by atoms with van der Waals surface area (Å²) in [6.45, 7) is 0. The first-order chi connectivity index (χ1) is 15.3. The summed E-state index contributed by atoms with van der Waals surface area (Å²) in [5.74, 6) is -0.151. The first-order valence-electron chi connectivity index (χ1n) is 10.8. The molecule has 2 aliphatic rings. The molecule has 4 nitrogen and oxygen atoms in total. The van der Waals surface area contributed by atoms with Gasteiger partial charge in [0.2, 0.25) is 0 Å². The Bertz CT molecular complexity index is 1090. The standard InChI is InChI=1S/C26H25ClFNO3/c27-19-5-3-18(4-6-19)26(32)15-13-25(14-16-26)23(17-1-11-22(30)12-2-17)29(24(25)31)21-9-7-20(28)8-10-21/h1-12,23-24,30-32H,13-16H2. The van der Waals surface area contributed by atoms with E-state index in [0.29, 0.717) is 30.7 Å². The number of anilines is 1. The summed E-state index contributed by atoms with van der Waals surface area (Å²) in [5, 5.41) is 33.1. The van der Waals surface area contributed by atoms with Crippen LogP contribution in [0.1, 0.15) is 42.9 Å². The lowest BCUT2D eigenvalue weighted by Gasteiger charge is -2.65. The number of phenols is 1. The van der Waals surface area contributed by atoms with Gasteiger partial charge in [0.05, 0.1) is 11.6 Å². The molecule has 2 fully saturated rings. The molecule has 3 N–H and O–H groups in total. The summed E-state index contributed by atoms with van der Waals surface area (Å²) in [5.41, 5.74) is 1.12. The zero-order valence-corrected chi connectivity index (χ0v) is 18.2. The molecule has 3 aromatic rings. The minimum absolute atomic E-state index is 0.154. The van der Waals surface area contributed by atoms with Crippen LogP contribution < -0.4 is 4.90 Å². The van der Waals surface area contributed by atoms with Gasteiger partial charge in [0, 0.05) is 16.1 Å². The Morgan fingerprint density at radius 3 is 2.03 bits per heavy atom. The van der Waals surface area contributed by atoms with Crippen molar-refractivity contribution in [3.05, 3.63) is 94.8 Å². The summed E-state index contributed by atoms with van der Waals surface area (Å²) in [4.78, 5) is 1.90. The normalized spacial score (nSPS) is 29.7. The monoisotopic (exact) mass is 453 g/mol. The molecule has 1 heterocycles. The molecule has 32 heavy (non-hydrogen) atoms. The molecule has 0 radical (unpaired) electrons. The largest absolute Gasteiger partial charge is 0.508 e. The molecule has 1 aliphatic carbocycles. The molecule has 3 aromatic carbocycles. The maximum atomic E-state index is 13.5. The Kier molecular flexibility index (Phi) is 5.16. The first-order valence-corrected chi connectivity index (χ1v) is 11.2. The van der Waals surface area contributed by atoms with Gasteiger partial charge in [-0.25, -0.2) is 4.39 Å². The van der Waals surface area contributed by atoms with E-state index in [1.54, 1.807) is 36.4 Å². The molecule has 6 heteroatoms. The van der Waals surface area contributed by atoms with E-state index in [1.807, 2.05) is 29.2 Å². The molecule has 166 valence electrons. The third kappa shape index (κ3) is 3.36. The number of aromatic hydroxyl groups is 1. The lowest BCUT2D eigenvalue weighted by Crippen LogP contribution is -2.68. The van der Waals surface area contributed by atoms with Crippen LogP contribution in [0.2, 0.25) is 5.02 Å². The fourth-order valence-corrected chi connectivity index (χ4v) is 5.64. The van der Waals surface area contributed by atoms with E-state index in [0.717, 1.165) is 16.8 Å². The van der Waals surface area contributed by atoms with Gasteiger partial charge in [-0.1, -0.05) is 35.9 Å². The third-order valence-corrected chi connectivity index (χ3v) is 7.58. The van der Waals surface area contributed by atoms with Crippen molar-refractivity contribution in [2.45, 2.75) is 43.6 Å². The zero-order valence-electron chi connectivity index (χ0n) is 17.5. The van der Waals surface area contributed by atoms with Gasteiger partial charge in [-0.3, -0.25) is 0 Å². The van der Waals surface area contributed by atoms with Gasteiger partial charge in [-0.15, -0.1) is 0 Å². The molecule has 5 rings (SSSR count). The average molecular weight is 454 g/mol. The highest BCUT2D eigenvalue weighted by molar-refractivity contribution is 6.30. The van der Waals surface area contributed by atoms with Crippen LogP contribution >= 0.6 is 11.6 Å². The summed E-state index contributed by atoms with van der Waals surface area (Å²) in [7, 11) is 0. The maximum absolute atomic E-state index is 13.5. The summed E-state index contributed by atoms with van der Waals surface area (Å²) >= 11 is 6.01. The molecular weight excluding hydrogens is 429 g/mol. The van der Waals surface area contributed by atoms with Gasteiger partial charge < -0.3 is 20.2 Å². The third-order valence-electron chi connectivity index (χ3n) is 7.32. The minimum Gasteiger partial charge on any atom is -0.508 e. The zero-order chi connectivity index (χ0) is 22.5. The Morgan fingerprint density at radius 1 is 0.844 bits per heavy atom. The topological polar surface area (TPSA) is 63.9 Å². The van der Waals surface area contributed by atoms with Gasteiger partial charge in [-0.05, 0) is 85.3 Å². The molecule has 2 atom stereocenters. The van der Waals surface area contributed by atoms with E-state index >= 15 is 0 Å². The molecule has 1 aliphatic heterocycles. The molecule has 0 bridgehead atoms. The van der Waals surface area contributed by atoms with Crippen LogP contribution in [-0.2, 0) is 5.60 Å². The van der Waals surface area contributed by atoms with Crippen molar-refractivity contribution in [2.75, 3.05) is 4.90 Å². The summed E-state index contributed by atoms with van der Waals surface area (Å²) in [6, 6.07) is 20.3. The highest BCUT2D eigenvalue weighted by Crippen LogP contribution is 2.63. The Hall–Kier alpha value is -2.60. The lowest BCUT2D eigenvalue weighted by atomic mass is 9.56. The summed E-state index contributed by atoms with van der Waals surface area (Å²) < 4.78 is 13.5. The minimum atomic E-state index is -0.967. The fourth-order valence-electron chi connectivity index (χ4n) is 5.52. The Balaban J connectivity index is 1.47. The highest BCUT2D eigenvalue weighted by atomic mass is 35.5. The number of benzene rings is 3. The SMILES string of the molecule is Oc1ccc(C2N(c3ccc(F)cc3)C(O)C23CCC(O)(c2ccc(Cl)cc2)CC3)cc1. The molecule has 1 spiro atoms. The van der Waals surface area contributed by atoms with Crippen molar-refractivity contribution in [2.24, 2.45) is 5.41 Å². The number of nitrogens with zero attached hydrogens (tertiary/aromatic N) is 1. The number of aliphatic hydroxyl groups excluding tert-OH is 1. The van der Waals surface area contributed by atoms with Crippen molar-refractivity contribution in [1.29, 1.82) is 0 Å². The second-order valence-corrected chi connectivity index (χ2v) is 9.46. The number of rotatable bonds is 3. The molecule has 0 aromatic heterocycles. The van der Waals surface area contributed by atoms with Crippen molar-refractivity contribution in [3.63, 3.8) is 0 Å². The van der Waals surface area contributed by atoms with Crippen LogP contribution in [0.5, 0.6) is 5.75 Å². The molecule has 0 amide bonds. The van der Waals surface area contributed by atoms with Crippen LogP contribution in [0.15, 0.2) is 72.8 Å². The van der Waals surface area contributed by atoms with Crippen LogP contribution in [0.25, 0.3) is 0 Å². The lowest BCUT2D eigenvalue weighted by molar-refractivity contribution is -0.144. The van der Waals surface area contributed by atoms with Crippen molar-refractivity contribution in [3.8, 4) is 5.75 Å². The predicted molar refractivity (Wildman–Crippen MR) is 122 cm³/mol. The van der Waals surface area contributed by atoms with Crippen molar-refractivity contribution in [1.82, 2.24) is 0 Å². The van der Waals surface area contributed by atoms with E-state index < -0.39 is 17.2 Å². The Labute approximate surface area is 191 Å². The first kappa shape index (κ1) is 21.3. The van der Waals surface area contributed by atoms with Gasteiger partial charge in [-0.2, -0.15) is 0 Å². The summed E-state index contributed by atoms with van der Waals surface area (Å²) in [6.07, 6.45) is 1.50. The predicted octanol–water partition coefficient (Wildman–Crippen LogP) is 5.51. The van der Waals surface area contributed by atoms with Crippen LogP contribution in [0.4, 0.5) is 10.1 Å². The fraction of sp³-hybridized carbons (Fsp3) is 0.308. The quantitative estimate of drug-likeness (QED) is 0.489. The van der Waals surface area contributed by atoms with Gasteiger partial charge in [0.15, 0.2) is 0 Å². The number of halogens is 2. The maximum Gasteiger partial charge on any atom is 0.135 e. The number of phenolic OH excluding ortho intramolecular Hbond substituents is 1. The molecule has 1 saturated carbocycles. The van der Waals surface area contributed by atoms with E-state index in [2.05, 4.69) is 0 Å². The average Bonchev–Trinajstić information content (AvgIpc) is 2.80. The number of hydrogen-bond acceptors (Lipinski definition) is 4. The smallest absolute Gasteiger partial charge is 0.135 e. The van der Waals surface area contributed by atoms with Crippen LogP contribution in [0, 0.1) is 11.2 Å². The second-order valence-electron chi connectivity index (χ2n) is 9.02. The van der Waals surface area contributed by atoms with Gasteiger partial charge >= 0.3 is 0 Å².